The van der Waals surface area contributed by atoms with Crippen LogP contribution in [0, 0.1) is 0 Å². The molecule has 0 aliphatic rings. The van der Waals surface area contributed by atoms with Crippen LogP contribution in [0.4, 0.5) is 0 Å². The summed E-state index contributed by atoms with van der Waals surface area (Å²) in [7, 11) is 1.00. The van der Waals surface area contributed by atoms with Gasteiger partial charge in [-0.05, 0) is 55.4 Å². The number of quaternary nitrogens is 2. The molecule has 0 atom stereocenters. The van der Waals surface area contributed by atoms with Gasteiger partial charge in [-0.2, -0.15) is 0 Å². The van der Waals surface area contributed by atoms with Gasteiger partial charge >= 0.3 is 0 Å². The molecule has 0 radical (unpaired) electrons. The highest BCUT2D eigenvalue weighted by Gasteiger charge is 2.16. The number of carboxylic acid groups (broad SMARTS) is 2. The molecule has 160 valence electrons. The van der Waals surface area contributed by atoms with Crippen molar-refractivity contribution in [2.24, 2.45) is 0 Å². The number of aliphatic hydroxyl groups excluding tert-OH is 1. The first-order valence-corrected chi connectivity index (χ1v) is 9.70. The predicted molar refractivity (Wildman–Crippen MR) is 103 cm³/mol. The molecule has 0 fully saturated rings. The van der Waals surface area contributed by atoms with Gasteiger partial charge in [-0.15, -0.1) is 0 Å². The average molecular weight is 381 g/mol. The zero-order valence-corrected chi connectivity index (χ0v) is 18.6. The maximum absolute atomic E-state index is 8.93. The standard InChI is InChI=1S/2C8H20N.C2H2O4.CH4O/c2*1-5-9(6-2,7-3)8-4;3-1(4)2(5)6;1-2/h2*5-8H2,1-4H3;(H,3,4)(H,5,6);2H,1H3/q2*+1;;/p-2. The topological polar surface area (TPSA) is 100 Å². The molecule has 7 nitrogen and oxygen atoms in total. The van der Waals surface area contributed by atoms with Crippen LogP contribution in [-0.4, -0.2) is 85.5 Å². The number of carbonyl (C=O) groups is 2. The van der Waals surface area contributed by atoms with E-state index in [2.05, 4.69) is 55.4 Å². The molecule has 0 aliphatic carbocycles. The number of aliphatic carboxylic acids is 2. The van der Waals surface area contributed by atoms with E-state index in [9.17, 15) is 0 Å². The van der Waals surface area contributed by atoms with E-state index in [-0.39, 0.29) is 0 Å². The van der Waals surface area contributed by atoms with Gasteiger partial charge in [0, 0.05) is 7.11 Å². The monoisotopic (exact) mass is 380 g/mol. The van der Waals surface area contributed by atoms with Crippen molar-refractivity contribution >= 4 is 11.9 Å². The summed E-state index contributed by atoms with van der Waals surface area (Å²) in [6.45, 7) is 28.4. The van der Waals surface area contributed by atoms with Crippen LogP contribution < -0.4 is 10.2 Å². The second kappa shape index (κ2) is 20.1. The minimum atomic E-state index is -2.19. The van der Waals surface area contributed by atoms with Crippen LogP contribution in [0.2, 0.25) is 0 Å². The van der Waals surface area contributed by atoms with Crippen molar-refractivity contribution in [1.29, 1.82) is 0 Å². The highest BCUT2D eigenvalue weighted by Crippen LogP contribution is 2.03. The van der Waals surface area contributed by atoms with Crippen molar-refractivity contribution < 1.29 is 33.9 Å². The molecule has 0 aromatic rings. The molecule has 0 rings (SSSR count). The molecule has 7 heteroatoms. The van der Waals surface area contributed by atoms with Crippen LogP contribution in [-0.2, 0) is 9.59 Å². The van der Waals surface area contributed by atoms with E-state index in [4.69, 9.17) is 24.9 Å². The summed E-state index contributed by atoms with van der Waals surface area (Å²) in [5.74, 6) is -4.37. The van der Waals surface area contributed by atoms with Gasteiger partial charge in [0.1, 0.15) is 0 Å². The van der Waals surface area contributed by atoms with Crippen LogP contribution in [0.25, 0.3) is 0 Å². The zero-order valence-electron chi connectivity index (χ0n) is 18.6. The third-order valence-corrected chi connectivity index (χ3v) is 5.53. The number of carboxylic acids is 2. The lowest BCUT2D eigenvalue weighted by Crippen LogP contribution is -2.47. The second-order valence-corrected chi connectivity index (χ2v) is 5.79. The van der Waals surface area contributed by atoms with Crippen LogP contribution in [0.15, 0.2) is 0 Å². The van der Waals surface area contributed by atoms with E-state index in [1.807, 2.05) is 0 Å². The first kappa shape index (κ1) is 32.5. The number of hydrogen-bond donors (Lipinski definition) is 1. The largest absolute Gasteiger partial charge is 0.543 e. The fraction of sp³-hybridized carbons (Fsp3) is 0.895. The van der Waals surface area contributed by atoms with Crippen molar-refractivity contribution in [2.45, 2.75) is 55.4 Å². The van der Waals surface area contributed by atoms with E-state index >= 15 is 0 Å². The average Bonchev–Trinajstić information content (AvgIpc) is 2.69. The van der Waals surface area contributed by atoms with E-state index in [0.29, 0.717) is 0 Å². The van der Waals surface area contributed by atoms with Crippen LogP contribution >= 0.6 is 0 Å². The quantitative estimate of drug-likeness (QED) is 0.467. The first-order valence-electron chi connectivity index (χ1n) is 9.70. The van der Waals surface area contributed by atoms with Crippen molar-refractivity contribution in [1.82, 2.24) is 0 Å². The van der Waals surface area contributed by atoms with Crippen LogP contribution in [0.1, 0.15) is 55.4 Å². The lowest BCUT2D eigenvalue weighted by atomic mass is 10.3. The molecule has 0 aromatic heterocycles. The summed E-state index contributed by atoms with van der Waals surface area (Å²) in [5, 5.41) is 24.9. The Balaban J connectivity index is -0.000000136. The van der Waals surface area contributed by atoms with Gasteiger partial charge in [0.2, 0.25) is 0 Å². The number of aliphatic hydroxyl groups is 1. The highest BCUT2D eigenvalue weighted by atomic mass is 16.4. The molecule has 0 saturated carbocycles. The Morgan fingerprint density at radius 1 is 0.538 bits per heavy atom. The van der Waals surface area contributed by atoms with Gasteiger partial charge in [0.05, 0.1) is 64.3 Å². The smallest absolute Gasteiger partial charge is 0.0870 e. The molecule has 0 amide bonds. The molecule has 0 bridgehead atoms. The van der Waals surface area contributed by atoms with Gasteiger partial charge < -0.3 is 33.9 Å². The summed E-state index contributed by atoms with van der Waals surface area (Å²) in [4.78, 5) is 17.9. The third kappa shape index (κ3) is 15.1. The van der Waals surface area contributed by atoms with Gasteiger partial charge in [0.25, 0.3) is 0 Å². The van der Waals surface area contributed by atoms with E-state index in [1.54, 1.807) is 0 Å². The zero-order chi connectivity index (χ0) is 21.8. The Kier molecular flexibility index (Phi) is 25.2. The van der Waals surface area contributed by atoms with Crippen molar-refractivity contribution in [2.75, 3.05) is 59.5 Å². The predicted octanol–water partition coefficient (Wildman–Crippen LogP) is -0.140. The molecule has 0 spiro atoms. The van der Waals surface area contributed by atoms with Crippen LogP contribution in [0.3, 0.4) is 0 Å². The maximum Gasteiger partial charge on any atom is 0.0870 e. The SMILES string of the molecule is CC[N+](CC)(CC)CC.CC[N+](CC)(CC)CC.CO.O=C([O-])C(=O)[O-]. The van der Waals surface area contributed by atoms with Gasteiger partial charge in [-0.3, -0.25) is 0 Å². The molecular weight excluding hydrogens is 336 g/mol. The Morgan fingerprint density at radius 3 is 0.654 bits per heavy atom. The minimum Gasteiger partial charge on any atom is -0.543 e. The summed E-state index contributed by atoms with van der Waals surface area (Å²) in [6, 6.07) is 0. The Morgan fingerprint density at radius 2 is 0.654 bits per heavy atom. The van der Waals surface area contributed by atoms with Gasteiger partial charge in [-0.1, -0.05) is 0 Å². The second-order valence-electron chi connectivity index (χ2n) is 5.79. The lowest BCUT2D eigenvalue weighted by Gasteiger charge is -2.34. The normalized spacial score (nSPS) is 10.2. The number of rotatable bonds is 8. The summed E-state index contributed by atoms with van der Waals surface area (Å²) in [5.41, 5.74) is 0. The molecule has 0 unspecified atom stereocenters. The fourth-order valence-corrected chi connectivity index (χ4v) is 2.68. The summed E-state index contributed by atoms with van der Waals surface area (Å²) >= 11 is 0. The Bertz CT molecular complexity index is 261. The Hall–Kier alpha value is -1.18. The van der Waals surface area contributed by atoms with E-state index in [0.717, 1.165) is 7.11 Å². The van der Waals surface area contributed by atoms with E-state index in [1.165, 1.54) is 61.3 Å². The maximum atomic E-state index is 8.93. The van der Waals surface area contributed by atoms with Crippen LogP contribution in [0.5, 0.6) is 0 Å². The molecule has 0 saturated heterocycles. The highest BCUT2D eigenvalue weighted by molar-refractivity contribution is 6.25. The molecule has 1 N–H and O–H groups in total. The van der Waals surface area contributed by atoms with Crippen molar-refractivity contribution in [3.8, 4) is 0 Å². The number of carbonyl (C=O) groups excluding carboxylic acids is 2. The number of nitrogens with zero attached hydrogens (tertiary/aromatic N) is 2. The lowest BCUT2D eigenvalue weighted by molar-refractivity contribution is -0.921. The van der Waals surface area contributed by atoms with Crippen molar-refractivity contribution in [3.63, 3.8) is 0 Å². The molecule has 26 heavy (non-hydrogen) atoms. The fourth-order valence-electron chi connectivity index (χ4n) is 2.68. The Labute approximate surface area is 161 Å². The molecular formula is C19H44N2O5. The molecule has 0 heterocycles. The van der Waals surface area contributed by atoms with Gasteiger partial charge in [0.15, 0.2) is 0 Å². The van der Waals surface area contributed by atoms with E-state index < -0.39 is 11.9 Å². The molecule has 0 aromatic carbocycles. The summed E-state index contributed by atoms with van der Waals surface area (Å²) in [6.07, 6.45) is 0. The van der Waals surface area contributed by atoms with Crippen molar-refractivity contribution in [3.05, 3.63) is 0 Å². The third-order valence-electron chi connectivity index (χ3n) is 5.53. The minimum absolute atomic E-state index is 1.00. The van der Waals surface area contributed by atoms with Gasteiger partial charge in [-0.25, -0.2) is 0 Å². The summed E-state index contributed by atoms with van der Waals surface area (Å²) < 4.78 is 2.56. The first-order chi connectivity index (χ1) is 12.1. The molecule has 0 aliphatic heterocycles. The number of hydrogen-bond acceptors (Lipinski definition) is 5.